The Labute approximate surface area is 158 Å². The molecule has 3 heterocycles. The first-order valence-corrected chi connectivity index (χ1v) is 8.55. The zero-order valence-corrected chi connectivity index (χ0v) is 14.6. The summed E-state index contributed by atoms with van der Waals surface area (Å²) in [4.78, 5) is 16.1. The van der Waals surface area contributed by atoms with Crippen LogP contribution in [-0.2, 0) is 17.8 Å². The van der Waals surface area contributed by atoms with Crippen molar-refractivity contribution < 1.29 is 18.0 Å². The molecule has 0 fully saturated rings. The van der Waals surface area contributed by atoms with E-state index in [4.69, 9.17) is 4.42 Å². The van der Waals surface area contributed by atoms with E-state index >= 15 is 0 Å². The minimum Gasteiger partial charge on any atom is -0.441 e. The van der Waals surface area contributed by atoms with Gasteiger partial charge in [0, 0.05) is 25.1 Å². The Hall–Kier alpha value is -3.62. The van der Waals surface area contributed by atoms with Gasteiger partial charge in [-0.25, -0.2) is 13.8 Å². The minimum absolute atomic E-state index is 0.114. The van der Waals surface area contributed by atoms with Gasteiger partial charge in [-0.1, -0.05) is 6.07 Å². The molecule has 4 rings (SSSR count). The molecule has 0 bridgehead atoms. The molecule has 1 aromatic carbocycles. The second kappa shape index (κ2) is 7.55. The van der Waals surface area contributed by atoms with E-state index in [2.05, 4.69) is 20.5 Å². The third-order valence-corrected chi connectivity index (χ3v) is 4.14. The molecule has 0 aliphatic heterocycles. The fourth-order valence-corrected chi connectivity index (χ4v) is 2.74. The summed E-state index contributed by atoms with van der Waals surface area (Å²) in [7, 11) is 0. The third-order valence-electron chi connectivity index (χ3n) is 4.14. The number of oxazole rings is 1. The number of carbonyl (C=O) groups excluding carboxylic acids is 1. The number of nitrogens with zero attached hydrogens (tertiary/aromatic N) is 4. The number of benzene rings is 1. The summed E-state index contributed by atoms with van der Waals surface area (Å²) in [6.07, 6.45) is 3.56. The first kappa shape index (κ1) is 17.8. The van der Waals surface area contributed by atoms with E-state index in [0.29, 0.717) is 17.4 Å². The number of amides is 1. The van der Waals surface area contributed by atoms with E-state index in [9.17, 15) is 13.6 Å². The third kappa shape index (κ3) is 3.73. The number of halogens is 2. The van der Waals surface area contributed by atoms with Gasteiger partial charge in [-0.15, -0.1) is 10.2 Å². The summed E-state index contributed by atoms with van der Waals surface area (Å²) in [5.74, 6) is -0.515. The number of hydrogen-bond acceptors (Lipinski definition) is 5. The maximum atomic E-state index is 13.8. The second-order valence-corrected chi connectivity index (χ2v) is 6.06. The van der Waals surface area contributed by atoms with Crippen LogP contribution in [0.3, 0.4) is 0 Å². The normalized spacial score (nSPS) is 11.1. The molecule has 3 aromatic heterocycles. The van der Waals surface area contributed by atoms with Gasteiger partial charge in [0.25, 0.3) is 0 Å². The average molecular weight is 383 g/mol. The lowest BCUT2D eigenvalue weighted by atomic mass is 10.2. The van der Waals surface area contributed by atoms with Gasteiger partial charge in [0.15, 0.2) is 23.1 Å². The molecule has 0 spiro atoms. The number of hydrogen-bond donors (Lipinski definition) is 1. The van der Waals surface area contributed by atoms with Gasteiger partial charge < -0.3 is 9.73 Å². The van der Waals surface area contributed by atoms with Crippen LogP contribution in [0.4, 0.5) is 8.78 Å². The van der Waals surface area contributed by atoms with Gasteiger partial charge in [-0.05, 0) is 24.3 Å². The zero-order chi connectivity index (χ0) is 19.5. The number of fused-ring (bicyclic) bond motifs is 1. The topological polar surface area (TPSA) is 85.3 Å². The highest BCUT2D eigenvalue weighted by atomic mass is 19.1. The Morgan fingerprint density at radius 3 is 2.93 bits per heavy atom. The maximum Gasteiger partial charge on any atom is 0.220 e. The Kier molecular flexibility index (Phi) is 4.79. The van der Waals surface area contributed by atoms with Crippen molar-refractivity contribution in [1.29, 1.82) is 0 Å². The van der Waals surface area contributed by atoms with E-state index in [-0.39, 0.29) is 36.6 Å². The molecule has 142 valence electrons. The smallest absolute Gasteiger partial charge is 0.220 e. The number of pyridine rings is 1. The van der Waals surface area contributed by atoms with Crippen LogP contribution in [0, 0.1) is 11.6 Å². The van der Waals surface area contributed by atoms with Crippen molar-refractivity contribution >= 4 is 11.6 Å². The fraction of sp³-hybridized carbons (Fsp3) is 0.158. The lowest BCUT2D eigenvalue weighted by molar-refractivity contribution is -0.121. The van der Waals surface area contributed by atoms with Crippen molar-refractivity contribution in [2.24, 2.45) is 0 Å². The standard InChI is InChI=1S/C19H15F2N5O2/c20-12-4-5-13(14(21)9-12)15-10-23-19(28-15)7-6-18(27)22-11-17-25-24-16-3-1-2-8-26(16)17/h1-5,8-10H,6-7,11H2,(H,22,27). The van der Waals surface area contributed by atoms with Crippen molar-refractivity contribution in [1.82, 2.24) is 24.9 Å². The molecule has 4 aromatic rings. The molecule has 7 nitrogen and oxygen atoms in total. The molecule has 0 saturated carbocycles. The van der Waals surface area contributed by atoms with Gasteiger partial charge in [0.05, 0.1) is 18.3 Å². The summed E-state index contributed by atoms with van der Waals surface area (Å²) in [6, 6.07) is 8.73. The van der Waals surface area contributed by atoms with Crippen LogP contribution in [-0.4, -0.2) is 25.5 Å². The molecular formula is C19H15F2N5O2. The summed E-state index contributed by atoms with van der Waals surface area (Å²) >= 11 is 0. The van der Waals surface area contributed by atoms with Crippen molar-refractivity contribution in [3.8, 4) is 11.3 Å². The summed E-state index contributed by atoms with van der Waals surface area (Å²) < 4.78 is 34.1. The highest BCUT2D eigenvalue weighted by Crippen LogP contribution is 2.24. The van der Waals surface area contributed by atoms with Crippen molar-refractivity contribution in [3.63, 3.8) is 0 Å². The molecule has 28 heavy (non-hydrogen) atoms. The van der Waals surface area contributed by atoms with Gasteiger partial charge in [0.2, 0.25) is 5.91 Å². The highest BCUT2D eigenvalue weighted by Gasteiger charge is 2.13. The Morgan fingerprint density at radius 1 is 1.18 bits per heavy atom. The summed E-state index contributed by atoms with van der Waals surface area (Å²) in [5.41, 5.74) is 0.815. The Bertz CT molecular complexity index is 1140. The van der Waals surface area contributed by atoms with E-state index in [1.807, 2.05) is 24.4 Å². The minimum atomic E-state index is -0.735. The molecule has 0 atom stereocenters. The highest BCUT2D eigenvalue weighted by molar-refractivity contribution is 5.76. The number of rotatable bonds is 6. The molecule has 0 unspecified atom stereocenters. The molecule has 9 heteroatoms. The Balaban J connectivity index is 1.33. The molecule has 0 aliphatic carbocycles. The Morgan fingerprint density at radius 2 is 2.07 bits per heavy atom. The number of nitrogens with one attached hydrogen (secondary N) is 1. The second-order valence-electron chi connectivity index (χ2n) is 6.06. The van der Waals surface area contributed by atoms with Crippen LogP contribution in [0.1, 0.15) is 18.1 Å². The zero-order valence-electron chi connectivity index (χ0n) is 14.6. The number of aromatic nitrogens is 4. The van der Waals surface area contributed by atoms with E-state index in [0.717, 1.165) is 12.1 Å². The predicted octanol–water partition coefficient (Wildman–Crippen LogP) is 2.91. The monoisotopic (exact) mass is 383 g/mol. The predicted molar refractivity (Wildman–Crippen MR) is 95.0 cm³/mol. The van der Waals surface area contributed by atoms with E-state index in [1.54, 1.807) is 4.40 Å². The van der Waals surface area contributed by atoms with E-state index < -0.39 is 11.6 Å². The maximum absolute atomic E-state index is 13.8. The van der Waals surface area contributed by atoms with Crippen LogP contribution in [0.25, 0.3) is 17.0 Å². The first-order chi connectivity index (χ1) is 13.6. The largest absolute Gasteiger partial charge is 0.441 e. The van der Waals surface area contributed by atoms with Crippen LogP contribution in [0.5, 0.6) is 0 Å². The van der Waals surface area contributed by atoms with Crippen molar-refractivity contribution in [3.05, 3.63) is 72.1 Å². The molecular weight excluding hydrogens is 368 g/mol. The van der Waals surface area contributed by atoms with Crippen LogP contribution < -0.4 is 5.32 Å². The fourth-order valence-electron chi connectivity index (χ4n) is 2.74. The molecule has 1 amide bonds. The SMILES string of the molecule is O=C(CCc1ncc(-c2ccc(F)cc2F)o1)NCc1nnc2ccccn12. The lowest BCUT2D eigenvalue weighted by Gasteiger charge is -2.03. The average Bonchev–Trinajstić information content (AvgIpc) is 3.32. The van der Waals surface area contributed by atoms with Crippen molar-refractivity contribution in [2.45, 2.75) is 19.4 Å². The van der Waals surface area contributed by atoms with Crippen LogP contribution in [0.15, 0.2) is 53.2 Å². The molecule has 0 radical (unpaired) electrons. The van der Waals surface area contributed by atoms with Gasteiger partial charge in [0.1, 0.15) is 11.6 Å². The van der Waals surface area contributed by atoms with Crippen LogP contribution >= 0.6 is 0 Å². The van der Waals surface area contributed by atoms with Crippen LogP contribution in [0.2, 0.25) is 0 Å². The molecule has 1 N–H and O–H groups in total. The molecule has 0 saturated heterocycles. The van der Waals surface area contributed by atoms with Gasteiger partial charge in [-0.3, -0.25) is 9.20 Å². The number of carbonyl (C=O) groups is 1. The van der Waals surface area contributed by atoms with E-state index in [1.165, 1.54) is 12.3 Å². The van der Waals surface area contributed by atoms with Gasteiger partial charge >= 0.3 is 0 Å². The molecule has 0 aliphatic rings. The summed E-state index contributed by atoms with van der Waals surface area (Å²) in [5, 5.41) is 10.8. The summed E-state index contributed by atoms with van der Waals surface area (Å²) in [6.45, 7) is 0.238. The lowest BCUT2D eigenvalue weighted by Crippen LogP contribution is -2.24. The van der Waals surface area contributed by atoms with Crippen molar-refractivity contribution in [2.75, 3.05) is 0 Å². The van der Waals surface area contributed by atoms with Gasteiger partial charge in [-0.2, -0.15) is 0 Å². The number of aryl methyl sites for hydroxylation is 1. The first-order valence-electron chi connectivity index (χ1n) is 8.55. The quantitative estimate of drug-likeness (QED) is 0.553.